The Morgan fingerprint density at radius 2 is 2.12 bits per heavy atom. The summed E-state index contributed by atoms with van der Waals surface area (Å²) >= 11 is 2.86. The van der Waals surface area contributed by atoms with Gasteiger partial charge in [0.25, 0.3) is 0 Å². The van der Waals surface area contributed by atoms with Crippen molar-refractivity contribution in [2.75, 3.05) is 0 Å². The highest BCUT2D eigenvalue weighted by Gasteiger charge is 2.20. The Labute approximate surface area is 101 Å². The van der Waals surface area contributed by atoms with Crippen LogP contribution < -0.4 is 5.73 Å². The molecule has 0 unspecified atom stereocenters. The summed E-state index contributed by atoms with van der Waals surface area (Å²) in [4.78, 5) is 0. The minimum absolute atomic E-state index is 0.0602. The first-order valence-electron chi connectivity index (χ1n) is 4.61. The molecule has 16 heavy (non-hydrogen) atoms. The third kappa shape index (κ3) is 2.59. The zero-order valence-electron chi connectivity index (χ0n) is 8.73. The molecule has 0 radical (unpaired) electrons. The largest absolute Gasteiger partial charge is 0.505 e. The van der Waals surface area contributed by atoms with E-state index in [1.165, 1.54) is 6.07 Å². The van der Waals surface area contributed by atoms with E-state index in [1.54, 1.807) is 6.92 Å². The summed E-state index contributed by atoms with van der Waals surface area (Å²) in [5.41, 5.74) is 6.71. The van der Waals surface area contributed by atoms with Crippen LogP contribution in [0.5, 0.6) is 5.75 Å². The van der Waals surface area contributed by atoms with Crippen LogP contribution in [-0.2, 0) is 0 Å². The predicted octanol–water partition coefficient (Wildman–Crippen LogP) is 3.40. The lowest BCUT2D eigenvalue weighted by Gasteiger charge is -2.15. The van der Waals surface area contributed by atoms with Gasteiger partial charge in [-0.15, -0.1) is 6.58 Å². The third-order valence-corrected chi connectivity index (χ3v) is 2.71. The van der Waals surface area contributed by atoms with Gasteiger partial charge >= 0.3 is 0 Å². The fraction of sp³-hybridized carbons (Fsp3) is 0.273. The van der Waals surface area contributed by atoms with E-state index in [0.29, 0.717) is 6.42 Å². The van der Waals surface area contributed by atoms with Gasteiger partial charge in [0.15, 0.2) is 11.6 Å². The number of aromatic hydroxyl groups is 1. The monoisotopic (exact) mass is 291 g/mol. The van der Waals surface area contributed by atoms with Crippen molar-refractivity contribution < 1.29 is 13.9 Å². The van der Waals surface area contributed by atoms with Crippen LogP contribution >= 0.6 is 15.9 Å². The number of nitrogens with two attached hydrogens (primary N) is 1. The molecule has 0 heterocycles. The molecule has 5 heteroatoms. The first-order chi connectivity index (χ1) is 7.34. The van der Waals surface area contributed by atoms with E-state index in [9.17, 15) is 13.9 Å². The van der Waals surface area contributed by atoms with Gasteiger partial charge in [-0.2, -0.15) is 4.39 Å². The van der Waals surface area contributed by atoms with E-state index in [1.807, 2.05) is 0 Å². The fourth-order valence-electron chi connectivity index (χ4n) is 1.37. The average Bonchev–Trinajstić information content (AvgIpc) is 2.19. The van der Waals surface area contributed by atoms with Crippen LogP contribution in [0.25, 0.3) is 0 Å². The van der Waals surface area contributed by atoms with E-state index < -0.39 is 23.4 Å². The second kappa shape index (κ2) is 4.93. The van der Waals surface area contributed by atoms with Crippen molar-refractivity contribution in [2.45, 2.75) is 19.4 Å². The van der Waals surface area contributed by atoms with Crippen molar-refractivity contribution >= 4 is 15.9 Å². The number of rotatable bonds is 3. The van der Waals surface area contributed by atoms with E-state index in [2.05, 4.69) is 22.5 Å². The van der Waals surface area contributed by atoms with E-state index >= 15 is 0 Å². The normalized spacial score (nSPS) is 12.6. The lowest BCUT2D eigenvalue weighted by Crippen LogP contribution is -2.12. The van der Waals surface area contributed by atoms with Gasteiger partial charge in [0.05, 0.1) is 4.47 Å². The lowest BCUT2D eigenvalue weighted by molar-refractivity contribution is 0.395. The zero-order valence-corrected chi connectivity index (χ0v) is 10.3. The summed E-state index contributed by atoms with van der Waals surface area (Å²) < 4.78 is 26.2. The van der Waals surface area contributed by atoms with Gasteiger partial charge in [0, 0.05) is 11.6 Å². The minimum Gasteiger partial charge on any atom is -0.505 e. The van der Waals surface area contributed by atoms with Crippen LogP contribution in [0.2, 0.25) is 0 Å². The molecule has 0 spiro atoms. The molecule has 1 atom stereocenters. The van der Waals surface area contributed by atoms with E-state index in [-0.39, 0.29) is 10.0 Å². The first kappa shape index (κ1) is 13.1. The average molecular weight is 292 g/mol. The molecular formula is C11H12BrF2NO. The van der Waals surface area contributed by atoms with Gasteiger partial charge < -0.3 is 10.8 Å². The highest BCUT2D eigenvalue weighted by atomic mass is 79.9. The molecule has 0 saturated heterocycles. The van der Waals surface area contributed by atoms with Crippen molar-refractivity contribution in [2.24, 2.45) is 5.73 Å². The Balaban J connectivity index is 3.19. The molecule has 0 aliphatic rings. The van der Waals surface area contributed by atoms with E-state index in [4.69, 9.17) is 5.73 Å². The quantitative estimate of drug-likeness (QED) is 0.662. The van der Waals surface area contributed by atoms with Gasteiger partial charge in [-0.3, -0.25) is 0 Å². The van der Waals surface area contributed by atoms with Crippen LogP contribution in [0.1, 0.15) is 24.9 Å². The standard InChI is InChI=1S/C11H12BrF2NO/c1-5(2)3-8(15)6-4-7(12)9(13)10(14)11(6)16/h4,8,16H,1,3,15H2,2H3/t8-/m0/s1. The van der Waals surface area contributed by atoms with Crippen molar-refractivity contribution in [3.05, 3.63) is 39.9 Å². The molecule has 1 aromatic rings. The smallest absolute Gasteiger partial charge is 0.201 e. The maximum Gasteiger partial charge on any atom is 0.201 e. The second-order valence-electron chi connectivity index (χ2n) is 3.69. The van der Waals surface area contributed by atoms with Gasteiger partial charge in [-0.1, -0.05) is 5.57 Å². The molecule has 1 rings (SSSR count). The SMILES string of the molecule is C=C(C)C[C@H](N)c1cc(Br)c(F)c(F)c1O. The summed E-state index contributed by atoms with van der Waals surface area (Å²) in [5, 5.41) is 9.44. The Bertz CT molecular complexity index is 434. The zero-order chi connectivity index (χ0) is 12.5. The summed E-state index contributed by atoms with van der Waals surface area (Å²) in [5.74, 6) is -3.15. The van der Waals surface area contributed by atoms with Crippen molar-refractivity contribution in [3.8, 4) is 5.75 Å². The highest BCUT2D eigenvalue weighted by Crippen LogP contribution is 2.34. The van der Waals surface area contributed by atoms with Crippen LogP contribution in [0.4, 0.5) is 8.78 Å². The van der Waals surface area contributed by atoms with Crippen molar-refractivity contribution in [1.29, 1.82) is 0 Å². The Morgan fingerprint density at radius 1 is 1.56 bits per heavy atom. The van der Waals surface area contributed by atoms with Crippen LogP contribution in [0.15, 0.2) is 22.7 Å². The molecule has 0 amide bonds. The van der Waals surface area contributed by atoms with Crippen LogP contribution in [-0.4, -0.2) is 5.11 Å². The van der Waals surface area contributed by atoms with Gasteiger partial charge in [-0.25, -0.2) is 4.39 Å². The summed E-state index contributed by atoms with van der Waals surface area (Å²) in [7, 11) is 0. The molecule has 0 fully saturated rings. The molecule has 2 nitrogen and oxygen atoms in total. The molecule has 0 aliphatic heterocycles. The predicted molar refractivity (Wildman–Crippen MR) is 62.1 cm³/mol. The number of phenols is 1. The fourth-order valence-corrected chi connectivity index (χ4v) is 1.79. The van der Waals surface area contributed by atoms with Gasteiger partial charge in [0.2, 0.25) is 5.82 Å². The summed E-state index contributed by atoms with van der Waals surface area (Å²) in [6, 6.07) is 0.672. The number of benzene rings is 1. The van der Waals surface area contributed by atoms with Crippen molar-refractivity contribution in [3.63, 3.8) is 0 Å². The molecule has 0 aromatic heterocycles. The third-order valence-electron chi connectivity index (χ3n) is 2.13. The Hall–Kier alpha value is -0.940. The number of halogens is 3. The maximum atomic E-state index is 13.2. The molecule has 0 saturated carbocycles. The second-order valence-corrected chi connectivity index (χ2v) is 4.55. The topological polar surface area (TPSA) is 46.2 Å². The maximum absolute atomic E-state index is 13.2. The summed E-state index contributed by atoms with van der Waals surface area (Å²) in [6.45, 7) is 5.44. The van der Waals surface area contributed by atoms with E-state index in [0.717, 1.165) is 5.57 Å². The lowest BCUT2D eigenvalue weighted by atomic mass is 10.00. The highest BCUT2D eigenvalue weighted by molar-refractivity contribution is 9.10. The molecule has 1 aromatic carbocycles. The molecule has 0 aliphatic carbocycles. The van der Waals surface area contributed by atoms with Gasteiger partial charge in [-0.05, 0) is 35.3 Å². The van der Waals surface area contributed by atoms with Crippen LogP contribution in [0.3, 0.4) is 0 Å². The molecule has 0 bridgehead atoms. The molecule has 88 valence electrons. The first-order valence-corrected chi connectivity index (χ1v) is 5.40. The molecule has 3 N–H and O–H groups in total. The molecular weight excluding hydrogens is 280 g/mol. The minimum atomic E-state index is -1.29. The van der Waals surface area contributed by atoms with Crippen molar-refractivity contribution in [1.82, 2.24) is 0 Å². The number of phenolic OH excluding ortho intramolecular Hbond substituents is 1. The number of hydrogen-bond acceptors (Lipinski definition) is 2. The van der Waals surface area contributed by atoms with Gasteiger partial charge in [0.1, 0.15) is 0 Å². The Morgan fingerprint density at radius 3 is 2.62 bits per heavy atom. The Kier molecular flexibility index (Phi) is 4.04. The van der Waals surface area contributed by atoms with Crippen LogP contribution in [0, 0.1) is 11.6 Å². The summed E-state index contributed by atoms with van der Waals surface area (Å²) in [6.07, 6.45) is 0.394. The number of hydrogen-bond donors (Lipinski definition) is 2.